The molecule has 5 fully saturated rings. The van der Waals surface area contributed by atoms with Crippen molar-refractivity contribution in [3.63, 3.8) is 0 Å². The van der Waals surface area contributed by atoms with Crippen molar-refractivity contribution in [2.75, 3.05) is 46.6 Å². The summed E-state index contributed by atoms with van der Waals surface area (Å²) >= 11 is 0. The van der Waals surface area contributed by atoms with E-state index in [1.165, 1.54) is 0 Å². The molecule has 7 heterocycles. The summed E-state index contributed by atoms with van der Waals surface area (Å²) < 4.78 is 69.6. The number of hydrogen-bond acceptors (Lipinski definition) is 22. The minimum atomic E-state index is -1.98. The molecular formula is C38H48O22. The van der Waals surface area contributed by atoms with Crippen LogP contribution >= 0.6 is 0 Å². The molecule has 2 aromatic carbocycles. The zero-order valence-electron chi connectivity index (χ0n) is 31.7. The van der Waals surface area contributed by atoms with Gasteiger partial charge in [-0.05, 0) is 23.8 Å². The molecule has 0 saturated carbocycles. The van der Waals surface area contributed by atoms with E-state index < -0.39 is 118 Å². The molecule has 0 spiro atoms. The van der Waals surface area contributed by atoms with Gasteiger partial charge in [-0.1, -0.05) is 6.07 Å². The Labute approximate surface area is 340 Å². The number of hydrogen-bond donors (Lipinski definition) is 10. The number of ether oxygens (including phenoxy) is 12. The lowest BCUT2D eigenvalue weighted by molar-refractivity contribution is -0.376. The predicted molar refractivity (Wildman–Crippen MR) is 189 cm³/mol. The zero-order chi connectivity index (χ0) is 42.0. The van der Waals surface area contributed by atoms with E-state index in [2.05, 4.69) is 0 Å². The van der Waals surface area contributed by atoms with Crippen molar-refractivity contribution >= 4 is 0 Å². The quantitative estimate of drug-likeness (QED) is 0.103. The molecule has 60 heavy (non-hydrogen) atoms. The molecule has 0 radical (unpaired) electrons. The highest BCUT2D eigenvalue weighted by Gasteiger charge is 2.55. The molecule has 0 aliphatic carbocycles. The first kappa shape index (κ1) is 42.1. The van der Waals surface area contributed by atoms with E-state index in [0.717, 1.165) is 5.56 Å². The monoisotopic (exact) mass is 856 g/mol. The van der Waals surface area contributed by atoms with Gasteiger partial charge in [-0.3, -0.25) is 0 Å². The van der Waals surface area contributed by atoms with Gasteiger partial charge in [0.25, 0.3) is 0 Å². The normalized spacial score (nSPS) is 43.3. The Bertz CT molecular complexity index is 1810. The number of benzene rings is 2. The van der Waals surface area contributed by atoms with E-state index in [1.54, 1.807) is 12.1 Å². The number of fused-ring (bicyclic) bond motifs is 3. The molecule has 19 atom stereocenters. The molecule has 7 aliphatic rings. The minimum absolute atomic E-state index is 0.0560. The van der Waals surface area contributed by atoms with Crippen LogP contribution in [0.15, 0.2) is 30.3 Å². The summed E-state index contributed by atoms with van der Waals surface area (Å²) in [6.45, 7) is -1.64. The average molecular weight is 857 g/mol. The first-order valence-electron chi connectivity index (χ1n) is 19.6. The maximum atomic E-state index is 11.4. The lowest BCUT2D eigenvalue weighted by atomic mass is 9.84. The van der Waals surface area contributed by atoms with Gasteiger partial charge < -0.3 is 108 Å². The average Bonchev–Trinajstić information content (AvgIpc) is 4.08. The van der Waals surface area contributed by atoms with Gasteiger partial charge in [0.2, 0.25) is 19.9 Å². The van der Waals surface area contributed by atoms with Crippen molar-refractivity contribution in [3.05, 3.63) is 41.5 Å². The van der Waals surface area contributed by atoms with E-state index >= 15 is 0 Å². The zero-order valence-corrected chi connectivity index (χ0v) is 31.7. The van der Waals surface area contributed by atoms with Crippen LogP contribution in [0.1, 0.15) is 23.3 Å². The number of aliphatic hydroxyl groups excluding tert-OH is 10. The topological polar surface area (TPSA) is 313 Å². The Hall–Kier alpha value is -3.24. The first-order chi connectivity index (χ1) is 29.0. The second kappa shape index (κ2) is 17.1. The van der Waals surface area contributed by atoms with Crippen molar-refractivity contribution in [1.29, 1.82) is 0 Å². The van der Waals surface area contributed by atoms with Crippen LogP contribution < -0.4 is 23.7 Å². The van der Waals surface area contributed by atoms with Gasteiger partial charge in [0.1, 0.15) is 79.0 Å². The molecule has 4 unspecified atom stereocenters. The third-order valence-corrected chi connectivity index (χ3v) is 12.1. The molecule has 22 nitrogen and oxygen atoms in total. The molecule has 0 aromatic heterocycles. The van der Waals surface area contributed by atoms with E-state index in [0.29, 0.717) is 41.8 Å². The van der Waals surface area contributed by atoms with Crippen LogP contribution in [0, 0.1) is 11.8 Å². The highest BCUT2D eigenvalue weighted by molar-refractivity contribution is 5.53. The summed E-state index contributed by atoms with van der Waals surface area (Å²) in [5, 5.41) is 106. The summed E-state index contributed by atoms with van der Waals surface area (Å²) in [6.07, 6.45) is -26.6. The Balaban J connectivity index is 0.887. The van der Waals surface area contributed by atoms with Crippen LogP contribution in [0.25, 0.3) is 0 Å². The number of rotatable bonds is 11. The predicted octanol–water partition coefficient (Wildman–Crippen LogP) is -3.95. The van der Waals surface area contributed by atoms with E-state index in [1.807, 2.05) is 18.2 Å². The fraction of sp³-hybridized carbons (Fsp3) is 0.684. The standard InChI is InChI=1S/C38H48O22/c39-6-22-25(42)26(43)29(46)37(56-22)59-35-24(8-41)58-38(31(48)28(35)45)60-34-23(7-40)57-36(30(47)27(34)44)55-18-5-21-20(53-12-54-21)4-14(18)33-16-10-49-32(15(16)9-50-33)13-1-2-17-19(3-13)52-11-51-17/h1-5,15-16,22-48H,6-12H2/t15?,16?,22-,23-,24-,25-,26+,27-,28-,29-,30-,31-,32?,33?,34-,35-,36-,37+,38+/m1/s1. The lowest BCUT2D eigenvalue weighted by Gasteiger charge is -2.48. The Kier molecular flexibility index (Phi) is 12.0. The van der Waals surface area contributed by atoms with Crippen molar-refractivity contribution in [2.45, 2.75) is 104 Å². The Morgan fingerprint density at radius 2 is 1.00 bits per heavy atom. The van der Waals surface area contributed by atoms with Crippen molar-refractivity contribution < 1.29 is 108 Å². The minimum Gasteiger partial charge on any atom is -0.461 e. The van der Waals surface area contributed by atoms with Crippen LogP contribution in [0.2, 0.25) is 0 Å². The fourth-order valence-corrected chi connectivity index (χ4v) is 8.83. The second-order valence-corrected chi connectivity index (χ2v) is 15.6. The first-order valence-corrected chi connectivity index (χ1v) is 19.6. The lowest BCUT2D eigenvalue weighted by Crippen LogP contribution is -2.66. The maximum absolute atomic E-state index is 11.4. The molecule has 0 amide bonds. The van der Waals surface area contributed by atoms with E-state index in [-0.39, 0.29) is 37.3 Å². The van der Waals surface area contributed by atoms with Crippen molar-refractivity contribution in [1.82, 2.24) is 0 Å². The Morgan fingerprint density at radius 1 is 0.500 bits per heavy atom. The van der Waals surface area contributed by atoms with E-state index in [4.69, 9.17) is 56.8 Å². The van der Waals surface area contributed by atoms with Gasteiger partial charge in [-0.25, -0.2) is 0 Å². The summed E-state index contributed by atoms with van der Waals surface area (Å²) in [6, 6.07) is 8.92. The highest BCUT2D eigenvalue weighted by Crippen LogP contribution is 2.54. The van der Waals surface area contributed by atoms with Gasteiger partial charge in [0, 0.05) is 23.5 Å². The largest absolute Gasteiger partial charge is 0.461 e. The molecule has 2 aromatic rings. The van der Waals surface area contributed by atoms with Crippen LogP contribution in [-0.4, -0.2) is 190 Å². The van der Waals surface area contributed by atoms with Gasteiger partial charge in [0.05, 0.1) is 45.2 Å². The summed E-state index contributed by atoms with van der Waals surface area (Å²) in [5.74, 6) is 2.01. The molecule has 22 heteroatoms. The third-order valence-electron chi connectivity index (χ3n) is 12.1. The molecule has 10 N–H and O–H groups in total. The van der Waals surface area contributed by atoms with Crippen molar-refractivity contribution in [2.24, 2.45) is 11.8 Å². The molecule has 7 aliphatic heterocycles. The Morgan fingerprint density at radius 3 is 1.63 bits per heavy atom. The summed E-state index contributed by atoms with van der Waals surface area (Å²) in [7, 11) is 0. The van der Waals surface area contributed by atoms with Gasteiger partial charge >= 0.3 is 0 Å². The van der Waals surface area contributed by atoms with Gasteiger partial charge in [-0.15, -0.1) is 0 Å². The van der Waals surface area contributed by atoms with Gasteiger partial charge in [0.15, 0.2) is 35.6 Å². The second-order valence-electron chi connectivity index (χ2n) is 15.6. The maximum Gasteiger partial charge on any atom is 0.231 e. The molecule has 332 valence electrons. The summed E-state index contributed by atoms with van der Waals surface area (Å²) in [5.41, 5.74) is 1.43. The van der Waals surface area contributed by atoms with Crippen molar-refractivity contribution in [3.8, 4) is 28.7 Å². The summed E-state index contributed by atoms with van der Waals surface area (Å²) in [4.78, 5) is 0. The van der Waals surface area contributed by atoms with Gasteiger partial charge in [-0.2, -0.15) is 0 Å². The van der Waals surface area contributed by atoms with Crippen LogP contribution in [-0.2, 0) is 33.2 Å². The van der Waals surface area contributed by atoms with Crippen LogP contribution in [0.3, 0.4) is 0 Å². The number of aliphatic hydroxyl groups is 10. The smallest absolute Gasteiger partial charge is 0.231 e. The fourth-order valence-electron chi connectivity index (χ4n) is 8.83. The van der Waals surface area contributed by atoms with Crippen LogP contribution in [0.5, 0.6) is 28.7 Å². The SMILES string of the molecule is OC[C@H]1O[C@@H](O[C@H]2[C@H](O)[C@@H](O)[C@H](O[C@H]3[C@H](O)[C@@H](O)[C@H](Oc4cc5c(cc4C4OCC6C(c7ccc8c(c7)OCO8)OCC46)OCO5)O[C@@H]3CO)O[C@@H]2CO)[C@H](O)[C@@H](O)[C@@H]1O. The molecule has 9 rings (SSSR count). The molecule has 5 saturated heterocycles. The third kappa shape index (κ3) is 7.45. The molecule has 0 bridgehead atoms. The molecular weight excluding hydrogens is 808 g/mol. The van der Waals surface area contributed by atoms with E-state index in [9.17, 15) is 51.1 Å². The highest BCUT2D eigenvalue weighted by atomic mass is 16.8. The van der Waals surface area contributed by atoms with Crippen LogP contribution in [0.4, 0.5) is 0 Å².